The zero-order chi connectivity index (χ0) is 18.0. The molecule has 0 aliphatic carbocycles. The van der Waals surface area contributed by atoms with Gasteiger partial charge in [-0.2, -0.15) is 0 Å². The second-order valence-electron chi connectivity index (χ2n) is 6.75. The van der Waals surface area contributed by atoms with E-state index in [9.17, 15) is 0 Å². The highest BCUT2D eigenvalue weighted by Gasteiger charge is 2.28. The molecule has 0 fully saturated rings. The van der Waals surface area contributed by atoms with Gasteiger partial charge in [0.05, 0.1) is 6.42 Å². The van der Waals surface area contributed by atoms with E-state index < -0.39 is 0 Å². The van der Waals surface area contributed by atoms with Crippen molar-refractivity contribution >= 4 is 0 Å². The lowest BCUT2D eigenvalue weighted by Gasteiger charge is -2.32. The molecule has 0 heterocycles. The van der Waals surface area contributed by atoms with Crippen LogP contribution in [0.4, 0.5) is 0 Å². The Kier molecular flexibility index (Phi) is 15.9. The minimum atomic E-state index is 0.563. The first-order valence-corrected chi connectivity index (χ1v) is 9.87. The summed E-state index contributed by atoms with van der Waals surface area (Å²) in [6.07, 6.45) is 19.5. The number of nitrogens with one attached hydrogen (secondary N) is 2. The van der Waals surface area contributed by atoms with Gasteiger partial charge in [-0.3, -0.25) is 9.80 Å². The van der Waals surface area contributed by atoms with E-state index in [-0.39, 0.29) is 0 Å². The molecule has 2 heteroatoms. The molecule has 0 bridgehead atoms. The third-order valence-electron chi connectivity index (χ3n) is 4.71. The van der Waals surface area contributed by atoms with Gasteiger partial charge in [-0.1, -0.05) is 71.8 Å². The first-order chi connectivity index (χ1) is 11.7. The standard InChI is InChI=1S/C22H40N2/c1-6-11-12-13-14-15-16-17-22(23(18-7-2)19-8-3)24(20-9-4)21-10-5/h7-10,22H,2-6,11-21H2,1H3/p+2. The lowest BCUT2D eigenvalue weighted by atomic mass is 10.1. The van der Waals surface area contributed by atoms with Crippen molar-refractivity contribution < 1.29 is 9.80 Å². The van der Waals surface area contributed by atoms with Crippen molar-refractivity contribution in [3.8, 4) is 0 Å². The van der Waals surface area contributed by atoms with Crippen molar-refractivity contribution in [3.63, 3.8) is 0 Å². The average Bonchev–Trinajstić information content (AvgIpc) is 2.57. The fraction of sp³-hybridized carbons (Fsp3) is 0.636. The Morgan fingerprint density at radius 3 is 1.38 bits per heavy atom. The largest absolute Gasteiger partial charge is 0.280 e. The molecule has 2 N–H and O–H groups in total. The van der Waals surface area contributed by atoms with Crippen LogP contribution in [0, 0.1) is 0 Å². The Morgan fingerprint density at radius 2 is 1.00 bits per heavy atom. The third kappa shape index (κ3) is 10.6. The molecule has 0 atom stereocenters. The number of rotatable bonds is 18. The summed E-state index contributed by atoms with van der Waals surface area (Å²) in [5, 5.41) is 0. The lowest BCUT2D eigenvalue weighted by molar-refractivity contribution is -1.11. The van der Waals surface area contributed by atoms with E-state index in [0.29, 0.717) is 6.17 Å². The fourth-order valence-electron chi connectivity index (χ4n) is 3.48. The van der Waals surface area contributed by atoms with Crippen molar-refractivity contribution in [2.24, 2.45) is 0 Å². The lowest BCUT2D eigenvalue weighted by Crippen LogP contribution is -3.35. The molecule has 0 aromatic carbocycles. The summed E-state index contributed by atoms with van der Waals surface area (Å²) in [6, 6.07) is 0. The van der Waals surface area contributed by atoms with Gasteiger partial charge < -0.3 is 0 Å². The summed E-state index contributed by atoms with van der Waals surface area (Å²) in [4.78, 5) is 3.12. The highest BCUT2D eigenvalue weighted by atomic mass is 15.3. The second kappa shape index (κ2) is 16.7. The highest BCUT2D eigenvalue weighted by molar-refractivity contribution is 4.71. The number of hydrogen-bond donors (Lipinski definition) is 2. The molecule has 138 valence electrons. The molecule has 0 spiro atoms. The highest BCUT2D eigenvalue weighted by Crippen LogP contribution is 2.08. The smallest absolute Gasteiger partial charge is 0.214 e. The van der Waals surface area contributed by atoms with Gasteiger partial charge in [0.15, 0.2) is 0 Å². The van der Waals surface area contributed by atoms with Gasteiger partial charge >= 0.3 is 0 Å². The summed E-state index contributed by atoms with van der Waals surface area (Å²) in [6.45, 7) is 22.0. The van der Waals surface area contributed by atoms with Crippen LogP contribution < -0.4 is 9.80 Å². The van der Waals surface area contributed by atoms with Gasteiger partial charge in [0.1, 0.15) is 26.2 Å². The summed E-state index contributed by atoms with van der Waals surface area (Å²) < 4.78 is 0. The number of hydrogen-bond acceptors (Lipinski definition) is 0. The molecule has 0 amide bonds. The van der Waals surface area contributed by atoms with Gasteiger partial charge in [-0.15, -0.1) is 0 Å². The summed E-state index contributed by atoms with van der Waals surface area (Å²) >= 11 is 0. The molecule has 0 saturated carbocycles. The number of quaternary nitrogens is 2. The fourth-order valence-corrected chi connectivity index (χ4v) is 3.48. The van der Waals surface area contributed by atoms with Gasteiger partial charge in [-0.05, 0) is 30.7 Å². The third-order valence-corrected chi connectivity index (χ3v) is 4.71. The molecular weight excluding hydrogens is 292 g/mol. The zero-order valence-corrected chi connectivity index (χ0v) is 16.2. The molecule has 2 nitrogen and oxygen atoms in total. The van der Waals surface area contributed by atoms with Crippen molar-refractivity contribution in [2.45, 2.75) is 64.5 Å². The molecule has 0 aliphatic rings. The Balaban J connectivity index is 4.63. The van der Waals surface area contributed by atoms with Crippen molar-refractivity contribution in [1.82, 2.24) is 0 Å². The van der Waals surface area contributed by atoms with Gasteiger partial charge in [-0.25, -0.2) is 0 Å². The maximum absolute atomic E-state index is 3.95. The van der Waals surface area contributed by atoms with Crippen LogP contribution in [0.2, 0.25) is 0 Å². The Labute approximate surface area is 151 Å². The van der Waals surface area contributed by atoms with E-state index in [1.54, 1.807) is 9.80 Å². The van der Waals surface area contributed by atoms with E-state index in [1.807, 2.05) is 24.3 Å². The van der Waals surface area contributed by atoms with E-state index in [0.717, 1.165) is 26.2 Å². The zero-order valence-electron chi connectivity index (χ0n) is 16.2. The second-order valence-corrected chi connectivity index (χ2v) is 6.75. The quantitative estimate of drug-likeness (QED) is 0.217. The maximum Gasteiger partial charge on any atom is 0.214 e. The molecular formula is C22H42N2+2. The summed E-state index contributed by atoms with van der Waals surface area (Å²) in [7, 11) is 0. The Bertz CT molecular complexity index is 291. The van der Waals surface area contributed by atoms with Crippen LogP contribution in [-0.2, 0) is 0 Å². The Morgan fingerprint density at radius 1 is 0.625 bits per heavy atom. The first kappa shape index (κ1) is 22.9. The van der Waals surface area contributed by atoms with E-state index >= 15 is 0 Å². The van der Waals surface area contributed by atoms with Crippen LogP contribution >= 0.6 is 0 Å². The number of unbranched alkanes of at least 4 members (excludes halogenated alkanes) is 6. The maximum atomic E-state index is 3.95. The van der Waals surface area contributed by atoms with Crippen molar-refractivity contribution in [1.29, 1.82) is 0 Å². The van der Waals surface area contributed by atoms with Gasteiger partial charge in [0, 0.05) is 0 Å². The molecule has 24 heavy (non-hydrogen) atoms. The predicted molar refractivity (Wildman–Crippen MR) is 109 cm³/mol. The summed E-state index contributed by atoms with van der Waals surface area (Å²) in [5.41, 5.74) is 0. The van der Waals surface area contributed by atoms with Crippen LogP contribution in [0.15, 0.2) is 50.6 Å². The molecule has 0 saturated heterocycles. The SMILES string of the molecule is C=CC[NH+](CC=C)C(CCCCCCCCC)[NH+](CC=C)CC=C. The van der Waals surface area contributed by atoms with Crippen LogP contribution in [0.5, 0.6) is 0 Å². The molecule has 0 radical (unpaired) electrons. The molecule has 0 aromatic heterocycles. The van der Waals surface area contributed by atoms with Gasteiger partial charge in [0.2, 0.25) is 6.17 Å². The van der Waals surface area contributed by atoms with Crippen LogP contribution in [0.1, 0.15) is 58.3 Å². The molecule has 0 aromatic rings. The summed E-state index contributed by atoms with van der Waals surface area (Å²) in [5.74, 6) is 0. The average molecular weight is 335 g/mol. The predicted octanol–water partition coefficient (Wildman–Crippen LogP) is 2.97. The van der Waals surface area contributed by atoms with Crippen LogP contribution in [0.3, 0.4) is 0 Å². The first-order valence-electron chi connectivity index (χ1n) is 9.87. The van der Waals surface area contributed by atoms with Crippen molar-refractivity contribution in [3.05, 3.63) is 50.6 Å². The molecule has 0 rings (SSSR count). The molecule has 0 aliphatic heterocycles. The van der Waals surface area contributed by atoms with Crippen LogP contribution in [-0.4, -0.2) is 32.3 Å². The van der Waals surface area contributed by atoms with E-state index in [1.165, 1.54) is 51.4 Å². The minimum Gasteiger partial charge on any atom is -0.280 e. The normalized spacial score (nSPS) is 11.2. The molecule has 0 unspecified atom stereocenters. The van der Waals surface area contributed by atoms with Gasteiger partial charge in [0.25, 0.3) is 0 Å². The monoisotopic (exact) mass is 334 g/mol. The van der Waals surface area contributed by atoms with Crippen molar-refractivity contribution in [2.75, 3.05) is 26.2 Å². The minimum absolute atomic E-state index is 0.563. The Hall–Kier alpha value is -1.12. The topological polar surface area (TPSA) is 8.88 Å². The van der Waals surface area contributed by atoms with E-state index in [2.05, 4.69) is 33.2 Å². The van der Waals surface area contributed by atoms with Crippen LogP contribution in [0.25, 0.3) is 0 Å². The van der Waals surface area contributed by atoms with E-state index in [4.69, 9.17) is 0 Å².